The smallest absolute Gasteiger partial charge is 0.123 e. The fourth-order valence-electron chi connectivity index (χ4n) is 1.70. The molecule has 0 bridgehead atoms. The summed E-state index contributed by atoms with van der Waals surface area (Å²) in [6, 6.07) is 6.43. The van der Waals surface area contributed by atoms with Crippen LogP contribution in [-0.2, 0) is 6.54 Å². The van der Waals surface area contributed by atoms with Gasteiger partial charge in [-0.25, -0.2) is 4.39 Å². The third kappa shape index (κ3) is 2.73. The predicted octanol–water partition coefficient (Wildman–Crippen LogP) is 2.80. The van der Waals surface area contributed by atoms with E-state index in [0.717, 1.165) is 15.7 Å². The molecule has 1 atom stereocenters. The lowest BCUT2D eigenvalue weighted by Crippen LogP contribution is -2.23. The minimum Gasteiger partial charge on any atom is -0.326 e. The van der Waals surface area contributed by atoms with E-state index >= 15 is 0 Å². The Morgan fingerprint density at radius 1 is 1.53 bits per heavy atom. The molecule has 0 saturated heterocycles. The number of benzene rings is 1. The predicted molar refractivity (Wildman–Crippen MR) is 69.0 cm³/mol. The van der Waals surface area contributed by atoms with Crippen LogP contribution in [-0.4, -0.2) is 15.8 Å². The van der Waals surface area contributed by atoms with Crippen LogP contribution in [0.5, 0.6) is 0 Å². The molecule has 0 radical (unpaired) electrons. The van der Waals surface area contributed by atoms with E-state index < -0.39 is 0 Å². The highest BCUT2D eigenvalue weighted by Crippen LogP contribution is 2.28. The molecular weight excluding hydrogens is 285 g/mol. The van der Waals surface area contributed by atoms with Crippen molar-refractivity contribution in [3.05, 3.63) is 40.8 Å². The highest BCUT2D eigenvalue weighted by molar-refractivity contribution is 9.10. The highest BCUT2D eigenvalue weighted by Gasteiger charge is 2.12. The van der Waals surface area contributed by atoms with E-state index in [0.29, 0.717) is 6.54 Å². The van der Waals surface area contributed by atoms with Gasteiger partial charge < -0.3 is 5.73 Å². The van der Waals surface area contributed by atoms with E-state index in [4.69, 9.17) is 5.73 Å². The fourth-order valence-corrected chi connectivity index (χ4v) is 2.22. The molecule has 0 aliphatic heterocycles. The van der Waals surface area contributed by atoms with Crippen molar-refractivity contribution >= 4 is 15.9 Å². The van der Waals surface area contributed by atoms with Crippen molar-refractivity contribution in [2.24, 2.45) is 5.73 Å². The van der Waals surface area contributed by atoms with Crippen molar-refractivity contribution in [3.63, 3.8) is 0 Å². The van der Waals surface area contributed by atoms with E-state index in [-0.39, 0.29) is 11.9 Å². The van der Waals surface area contributed by atoms with Crippen LogP contribution in [0.4, 0.5) is 4.39 Å². The standard InChI is InChI=1S/C12H13BrFN3/c1-8(15)7-17-12(11(13)6-16-17)9-3-2-4-10(14)5-9/h2-6,8H,7,15H2,1H3. The van der Waals surface area contributed by atoms with Gasteiger partial charge in [0.2, 0.25) is 0 Å². The number of rotatable bonds is 3. The van der Waals surface area contributed by atoms with E-state index in [1.54, 1.807) is 16.9 Å². The summed E-state index contributed by atoms with van der Waals surface area (Å²) in [5, 5.41) is 4.23. The summed E-state index contributed by atoms with van der Waals surface area (Å²) in [4.78, 5) is 0. The molecule has 0 amide bonds. The second kappa shape index (κ2) is 4.98. The number of nitrogens with two attached hydrogens (primary N) is 1. The monoisotopic (exact) mass is 297 g/mol. The quantitative estimate of drug-likeness (QED) is 0.947. The summed E-state index contributed by atoms with van der Waals surface area (Å²) in [6.07, 6.45) is 1.70. The first-order chi connectivity index (χ1) is 8.08. The summed E-state index contributed by atoms with van der Waals surface area (Å²) in [5.41, 5.74) is 7.40. The lowest BCUT2D eigenvalue weighted by Gasteiger charge is -2.10. The zero-order valence-electron chi connectivity index (χ0n) is 9.40. The maximum atomic E-state index is 13.2. The van der Waals surface area contributed by atoms with E-state index in [2.05, 4.69) is 21.0 Å². The zero-order chi connectivity index (χ0) is 12.4. The molecule has 5 heteroatoms. The van der Waals surface area contributed by atoms with Crippen molar-refractivity contribution in [3.8, 4) is 11.3 Å². The van der Waals surface area contributed by atoms with Gasteiger partial charge in [0.15, 0.2) is 0 Å². The lowest BCUT2D eigenvalue weighted by molar-refractivity contribution is 0.543. The topological polar surface area (TPSA) is 43.8 Å². The lowest BCUT2D eigenvalue weighted by atomic mass is 10.1. The van der Waals surface area contributed by atoms with Crippen molar-refractivity contribution in [2.45, 2.75) is 19.5 Å². The molecule has 0 saturated carbocycles. The van der Waals surface area contributed by atoms with Gasteiger partial charge >= 0.3 is 0 Å². The second-order valence-corrected chi connectivity index (χ2v) is 4.87. The van der Waals surface area contributed by atoms with E-state index in [9.17, 15) is 4.39 Å². The summed E-state index contributed by atoms with van der Waals surface area (Å²) < 4.78 is 15.8. The Kier molecular flexibility index (Phi) is 3.59. The molecule has 0 aliphatic carbocycles. The number of hydrogen-bond acceptors (Lipinski definition) is 2. The van der Waals surface area contributed by atoms with Crippen molar-refractivity contribution in [1.82, 2.24) is 9.78 Å². The number of aromatic nitrogens is 2. The van der Waals surface area contributed by atoms with Crippen LogP contribution in [0.25, 0.3) is 11.3 Å². The van der Waals surface area contributed by atoms with Crippen molar-refractivity contribution in [1.29, 1.82) is 0 Å². The molecule has 2 rings (SSSR count). The molecular formula is C12H13BrFN3. The molecule has 17 heavy (non-hydrogen) atoms. The second-order valence-electron chi connectivity index (χ2n) is 4.01. The molecule has 1 aromatic carbocycles. The van der Waals surface area contributed by atoms with Gasteiger partial charge in [-0.1, -0.05) is 12.1 Å². The van der Waals surface area contributed by atoms with Crippen LogP contribution < -0.4 is 5.73 Å². The molecule has 2 aromatic rings. The molecule has 1 unspecified atom stereocenters. The van der Waals surface area contributed by atoms with Gasteiger partial charge in [-0.15, -0.1) is 0 Å². The molecule has 90 valence electrons. The Hall–Kier alpha value is -1.20. The Labute approximate surface area is 108 Å². The largest absolute Gasteiger partial charge is 0.326 e. The van der Waals surface area contributed by atoms with Crippen molar-refractivity contribution < 1.29 is 4.39 Å². The molecule has 3 nitrogen and oxygen atoms in total. The van der Waals surface area contributed by atoms with E-state index in [1.165, 1.54) is 12.1 Å². The summed E-state index contributed by atoms with van der Waals surface area (Å²) in [6.45, 7) is 2.50. The van der Waals surface area contributed by atoms with Gasteiger partial charge in [0.05, 0.1) is 22.9 Å². The maximum Gasteiger partial charge on any atom is 0.123 e. The Morgan fingerprint density at radius 3 is 2.94 bits per heavy atom. The molecule has 0 spiro atoms. The Balaban J connectivity index is 2.47. The first-order valence-electron chi connectivity index (χ1n) is 5.30. The van der Waals surface area contributed by atoms with Crippen LogP contribution in [0.3, 0.4) is 0 Å². The van der Waals surface area contributed by atoms with Gasteiger partial charge in [-0.05, 0) is 35.0 Å². The summed E-state index contributed by atoms with van der Waals surface area (Å²) in [7, 11) is 0. The summed E-state index contributed by atoms with van der Waals surface area (Å²) >= 11 is 3.42. The molecule has 2 N–H and O–H groups in total. The van der Waals surface area contributed by atoms with Crippen LogP contribution in [0.2, 0.25) is 0 Å². The van der Waals surface area contributed by atoms with Gasteiger partial charge in [0, 0.05) is 11.6 Å². The third-order valence-electron chi connectivity index (χ3n) is 2.35. The van der Waals surface area contributed by atoms with Gasteiger partial charge in [-0.2, -0.15) is 5.10 Å². The first kappa shape index (κ1) is 12.3. The SMILES string of the molecule is CC(N)Cn1ncc(Br)c1-c1cccc(F)c1. The molecule has 1 aromatic heterocycles. The highest BCUT2D eigenvalue weighted by atomic mass is 79.9. The minimum atomic E-state index is -0.261. The first-order valence-corrected chi connectivity index (χ1v) is 6.10. The van der Waals surface area contributed by atoms with Gasteiger partial charge in [0.25, 0.3) is 0 Å². The van der Waals surface area contributed by atoms with Gasteiger partial charge in [-0.3, -0.25) is 4.68 Å². The number of halogens is 2. The zero-order valence-corrected chi connectivity index (χ0v) is 11.0. The number of hydrogen-bond donors (Lipinski definition) is 1. The average molecular weight is 298 g/mol. The number of nitrogens with zero attached hydrogens (tertiary/aromatic N) is 2. The van der Waals surface area contributed by atoms with Crippen LogP contribution in [0, 0.1) is 5.82 Å². The van der Waals surface area contributed by atoms with Crippen LogP contribution in [0.15, 0.2) is 34.9 Å². The molecule has 1 heterocycles. The Morgan fingerprint density at radius 2 is 2.29 bits per heavy atom. The average Bonchev–Trinajstić information content (AvgIpc) is 2.59. The maximum absolute atomic E-state index is 13.2. The van der Waals surface area contributed by atoms with E-state index in [1.807, 2.05) is 13.0 Å². The van der Waals surface area contributed by atoms with Crippen molar-refractivity contribution in [2.75, 3.05) is 0 Å². The normalized spacial score (nSPS) is 12.7. The van der Waals surface area contributed by atoms with Crippen LogP contribution >= 0.6 is 15.9 Å². The molecule has 0 fully saturated rings. The fraction of sp³-hybridized carbons (Fsp3) is 0.250. The van der Waals surface area contributed by atoms with Gasteiger partial charge in [0.1, 0.15) is 5.82 Å². The minimum absolute atomic E-state index is 0.00545. The summed E-state index contributed by atoms with van der Waals surface area (Å²) in [5.74, 6) is -0.261. The third-order valence-corrected chi connectivity index (χ3v) is 2.93. The Bertz CT molecular complexity index is 522. The molecule has 0 aliphatic rings. The van der Waals surface area contributed by atoms with Crippen LogP contribution in [0.1, 0.15) is 6.92 Å².